The van der Waals surface area contributed by atoms with E-state index in [4.69, 9.17) is 9.52 Å². The van der Waals surface area contributed by atoms with Gasteiger partial charge in [0.15, 0.2) is 11.2 Å². The minimum atomic E-state index is -2.74. The number of amides is 1. The van der Waals surface area contributed by atoms with Gasteiger partial charge in [-0.05, 0) is 12.1 Å². The van der Waals surface area contributed by atoms with Crippen molar-refractivity contribution in [2.24, 2.45) is 0 Å². The Hall–Kier alpha value is -2.28. The molecule has 0 unspecified atom stereocenters. The van der Waals surface area contributed by atoms with E-state index in [-0.39, 0.29) is 17.9 Å². The number of para-hydroxylation sites is 1. The summed E-state index contributed by atoms with van der Waals surface area (Å²) in [5, 5.41) is 9.14. The molecule has 1 N–H and O–H groups in total. The second-order valence-corrected chi connectivity index (χ2v) is 4.34. The molecule has 0 saturated heterocycles. The number of hydrogen-bond acceptors (Lipinski definition) is 4. The highest BCUT2D eigenvalue weighted by atomic mass is 19.3. The van der Waals surface area contributed by atoms with E-state index >= 15 is 0 Å². The molecule has 112 valence electrons. The summed E-state index contributed by atoms with van der Waals surface area (Å²) in [7, 11) is 0. The summed E-state index contributed by atoms with van der Waals surface area (Å²) in [5.74, 6) is -1.18. The van der Waals surface area contributed by atoms with E-state index in [2.05, 4.69) is 0 Å². The molecule has 0 aliphatic heterocycles. The smallest absolute Gasteiger partial charge is 0.290 e. The molecule has 0 radical (unpaired) electrons. The van der Waals surface area contributed by atoms with Crippen LogP contribution in [0.4, 0.5) is 8.78 Å². The molecule has 0 saturated carbocycles. The maximum Gasteiger partial charge on any atom is 0.290 e. The number of benzene rings is 1. The lowest BCUT2D eigenvalue weighted by Crippen LogP contribution is -2.37. The highest BCUT2D eigenvalue weighted by Crippen LogP contribution is 2.14. The quantitative estimate of drug-likeness (QED) is 0.907. The van der Waals surface area contributed by atoms with Gasteiger partial charge in [0, 0.05) is 12.6 Å². The van der Waals surface area contributed by atoms with Crippen molar-refractivity contribution >= 4 is 16.9 Å². The number of alkyl halides is 2. The van der Waals surface area contributed by atoms with Gasteiger partial charge < -0.3 is 14.4 Å². The maximum atomic E-state index is 12.4. The number of hydrogen-bond donors (Lipinski definition) is 1. The molecule has 1 heterocycles. The molecule has 0 spiro atoms. The molecule has 0 fully saturated rings. The molecule has 0 aliphatic rings. The van der Waals surface area contributed by atoms with Crippen LogP contribution in [0.1, 0.15) is 10.6 Å². The van der Waals surface area contributed by atoms with Crippen LogP contribution in [0.3, 0.4) is 0 Å². The minimum Gasteiger partial charge on any atom is -0.451 e. The molecule has 2 aromatic rings. The van der Waals surface area contributed by atoms with Crippen LogP contribution in [0.15, 0.2) is 39.5 Å². The standard InChI is InChI=1S/C14H13F2NO4/c15-13(16)8-17(5-6-18)14(20)12-7-10(19)9-3-1-2-4-11(9)21-12/h1-4,7,13,18H,5-6,8H2. The van der Waals surface area contributed by atoms with Gasteiger partial charge in [0.25, 0.3) is 12.3 Å². The van der Waals surface area contributed by atoms with Gasteiger partial charge in [-0.3, -0.25) is 9.59 Å². The third-order valence-corrected chi connectivity index (χ3v) is 2.86. The van der Waals surface area contributed by atoms with Gasteiger partial charge in [-0.1, -0.05) is 12.1 Å². The predicted octanol–water partition coefficient (Wildman–Crippen LogP) is 1.49. The van der Waals surface area contributed by atoms with Gasteiger partial charge in [-0.2, -0.15) is 0 Å². The fraction of sp³-hybridized carbons (Fsp3) is 0.286. The fourth-order valence-electron chi connectivity index (χ4n) is 1.93. The molecule has 2 rings (SSSR count). The summed E-state index contributed by atoms with van der Waals surface area (Å²) in [6, 6.07) is 7.30. The Labute approximate surface area is 118 Å². The second kappa shape index (κ2) is 6.45. The van der Waals surface area contributed by atoms with Crippen molar-refractivity contribution in [1.82, 2.24) is 4.90 Å². The topological polar surface area (TPSA) is 70.8 Å². The molecule has 0 bridgehead atoms. The normalized spacial score (nSPS) is 11.0. The van der Waals surface area contributed by atoms with Crippen molar-refractivity contribution in [3.63, 3.8) is 0 Å². The number of carbonyl (C=O) groups is 1. The number of aliphatic hydroxyl groups excluding tert-OH is 1. The van der Waals surface area contributed by atoms with Crippen LogP contribution in [0.2, 0.25) is 0 Å². The average molecular weight is 297 g/mol. The molecule has 0 aliphatic carbocycles. The molecule has 7 heteroatoms. The number of rotatable bonds is 5. The molecule has 1 amide bonds. The lowest BCUT2D eigenvalue weighted by molar-refractivity contribution is 0.0484. The number of aliphatic hydroxyl groups is 1. The Morgan fingerprint density at radius 3 is 2.71 bits per heavy atom. The number of halogens is 2. The first-order valence-corrected chi connectivity index (χ1v) is 6.24. The van der Waals surface area contributed by atoms with Crippen molar-refractivity contribution in [2.75, 3.05) is 19.7 Å². The van der Waals surface area contributed by atoms with Gasteiger partial charge in [-0.25, -0.2) is 8.78 Å². The highest BCUT2D eigenvalue weighted by Gasteiger charge is 2.22. The molecule has 21 heavy (non-hydrogen) atoms. The van der Waals surface area contributed by atoms with E-state index < -0.39 is 30.9 Å². The molecule has 5 nitrogen and oxygen atoms in total. The SMILES string of the molecule is O=C(c1cc(=O)c2ccccc2o1)N(CCO)CC(F)F. The molecule has 1 aromatic heterocycles. The molecule has 0 atom stereocenters. The van der Waals surface area contributed by atoms with E-state index in [0.717, 1.165) is 11.0 Å². The van der Waals surface area contributed by atoms with Gasteiger partial charge in [0.05, 0.1) is 18.5 Å². The number of nitrogens with zero attached hydrogens (tertiary/aromatic N) is 1. The van der Waals surface area contributed by atoms with Crippen LogP contribution in [0, 0.1) is 0 Å². The van der Waals surface area contributed by atoms with Crippen molar-refractivity contribution < 1.29 is 23.1 Å². The summed E-state index contributed by atoms with van der Waals surface area (Å²) in [4.78, 5) is 24.7. The van der Waals surface area contributed by atoms with Crippen molar-refractivity contribution in [1.29, 1.82) is 0 Å². The Morgan fingerprint density at radius 2 is 2.05 bits per heavy atom. The highest BCUT2D eigenvalue weighted by molar-refractivity contribution is 5.93. The third-order valence-electron chi connectivity index (χ3n) is 2.86. The average Bonchev–Trinajstić information content (AvgIpc) is 2.45. The minimum absolute atomic E-state index is 0.203. The summed E-state index contributed by atoms with van der Waals surface area (Å²) in [6.07, 6.45) is -2.74. The molecular weight excluding hydrogens is 284 g/mol. The fourth-order valence-corrected chi connectivity index (χ4v) is 1.93. The maximum absolute atomic E-state index is 12.4. The summed E-state index contributed by atoms with van der Waals surface area (Å²) < 4.78 is 30.2. The van der Waals surface area contributed by atoms with Crippen molar-refractivity contribution in [3.8, 4) is 0 Å². The Kier molecular flexibility index (Phi) is 4.64. The number of carbonyl (C=O) groups excluding carboxylic acids is 1. The Balaban J connectivity index is 2.39. The van der Waals surface area contributed by atoms with E-state index in [0.29, 0.717) is 5.39 Å². The Bertz CT molecular complexity index is 699. The van der Waals surface area contributed by atoms with Crippen LogP contribution >= 0.6 is 0 Å². The first-order valence-electron chi connectivity index (χ1n) is 6.24. The van der Waals surface area contributed by atoms with Crippen LogP contribution in [-0.2, 0) is 0 Å². The van der Waals surface area contributed by atoms with Gasteiger partial charge in [-0.15, -0.1) is 0 Å². The van der Waals surface area contributed by atoms with Gasteiger partial charge in [0.1, 0.15) is 5.58 Å². The third kappa shape index (κ3) is 3.43. The summed E-state index contributed by atoms with van der Waals surface area (Å²) >= 11 is 0. The van der Waals surface area contributed by atoms with Crippen LogP contribution < -0.4 is 5.43 Å². The summed E-state index contributed by atoms with van der Waals surface area (Å²) in [5.41, 5.74) is -0.226. The van der Waals surface area contributed by atoms with E-state index in [9.17, 15) is 18.4 Å². The largest absolute Gasteiger partial charge is 0.451 e. The molecule has 1 aromatic carbocycles. The van der Waals surface area contributed by atoms with Crippen LogP contribution in [0.5, 0.6) is 0 Å². The lowest BCUT2D eigenvalue weighted by atomic mass is 10.2. The van der Waals surface area contributed by atoms with Crippen LogP contribution in [-0.4, -0.2) is 42.0 Å². The first-order chi connectivity index (χ1) is 10.0. The van der Waals surface area contributed by atoms with Crippen molar-refractivity contribution in [2.45, 2.75) is 6.43 Å². The zero-order chi connectivity index (χ0) is 15.4. The monoisotopic (exact) mass is 297 g/mol. The van der Waals surface area contributed by atoms with E-state index in [1.165, 1.54) is 6.07 Å². The lowest BCUT2D eigenvalue weighted by Gasteiger charge is -2.20. The van der Waals surface area contributed by atoms with Crippen LogP contribution in [0.25, 0.3) is 11.0 Å². The Morgan fingerprint density at radius 1 is 1.33 bits per heavy atom. The van der Waals surface area contributed by atoms with E-state index in [1.807, 2.05) is 0 Å². The zero-order valence-electron chi connectivity index (χ0n) is 11.0. The van der Waals surface area contributed by atoms with E-state index in [1.54, 1.807) is 18.2 Å². The zero-order valence-corrected chi connectivity index (χ0v) is 11.0. The second-order valence-electron chi connectivity index (χ2n) is 4.34. The van der Waals surface area contributed by atoms with Gasteiger partial charge in [0.2, 0.25) is 0 Å². The summed E-state index contributed by atoms with van der Waals surface area (Å²) in [6.45, 7) is -1.56. The van der Waals surface area contributed by atoms with Crippen molar-refractivity contribution in [3.05, 3.63) is 46.3 Å². The predicted molar refractivity (Wildman–Crippen MR) is 71.5 cm³/mol. The first kappa shape index (κ1) is 15.1. The van der Waals surface area contributed by atoms with Gasteiger partial charge >= 0.3 is 0 Å². The molecular formula is C14H13F2NO4. The number of fused-ring (bicyclic) bond motifs is 1.